The van der Waals surface area contributed by atoms with Crippen molar-refractivity contribution in [3.63, 3.8) is 0 Å². The second-order valence-corrected chi connectivity index (χ2v) is 8.34. The van der Waals surface area contributed by atoms with Gasteiger partial charge in [-0.05, 0) is 65.1 Å². The van der Waals surface area contributed by atoms with E-state index in [2.05, 4.69) is 11.4 Å². The van der Waals surface area contributed by atoms with E-state index in [0.29, 0.717) is 10.7 Å². The van der Waals surface area contributed by atoms with E-state index in [1.54, 1.807) is 6.07 Å². The first-order valence-corrected chi connectivity index (χ1v) is 10.1. The zero-order valence-corrected chi connectivity index (χ0v) is 15.6. The maximum Gasteiger partial charge on any atom is 0.333 e. The van der Waals surface area contributed by atoms with Crippen molar-refractivity contribution in [3.8, 4) is 11.1 Å². The van der Waals surface area contributed by atoms with E-state index in [1.165, 1.54) is 35.4 Å². The number of benzene rings is 3. The van der Waals surface area contributed by atoms with Crippen LogP contribution >= 0.6 is 11.6 Å². The Bertz CT molecular complexity index is 1140. The van der Waals surface area contributed by atoms with E-state index in [0.717, 1.165) is 17.5 Å². The summed E-state index contributed by atoms with van der Waals surface area (Å²) < 4.78 is 26.6. The molecule has 2 amide bonds. The molecule has 4 rings (SSSR count). The van der Waals surface area contributed by atoms with Gasteiger partial charge < -0.3 is 5.32 Å². The van der Waals surface area contributed by atoms with Gasteiger partial charge >= 0.3 is 6.03 Å². The molecule has 0 radical (unpaired) electrons. The van der Waals surface area contributed by atoms with Crippen molar-refractivity contribution in [2.75, 3.05) is 5.32 Å². The van der Waals surface area contributed by atoms with Gasteiger partial charge in [-0.2, -0.15) is 0 Å². The minimum atomic E-state index is -3.98. The predicted molar refractivity (Wildman–Crippen MR) is 105 cm³/mol. The standard InChI is InChI=1S/C20H15ClN2O3S/c21-15-6-9-17(10-7-15)27(25,26)23-20(24)22-16-8-5-14-11-13-3-1-2-4-18(13)19(14)12-16/h1-10,12H,11H2,(H2,22,23,24). The van der Waals surface area contributed by atoms with Gasteiger partial charge in [-0.3, -0.25) is 0 Å². The second-order valence-electron chi connectivity index (χ2n) is 6.22. The van der Waals surface area contributed by atoms with Gasteiger partial charge in [-0.15, -0.1) is 0 Å². The van der Waals surface area contributed by atoms with Gasteiger partial charge in [-0.25, -0.2) is 17.9 Å². The van der Waals surface area contributed by atoms with Gasteiger partial charge in [0.05, 0.1) is 4.90 Å². The third-order valence-corrected chi connectivity index (χ3v) is 6.01. The van der Waals surface area contributed by atoms with Gasteiger partial charge in [-0.1, -0.05) is 41.9 Å². The molecule has 5 nitrogen and oxygen atoms in total. The number of rotatable bonds is 3. The molecule has 1 aliphatic rings. The number of halogens is 1. The highest BCUT2D eigenvalue weighted by molar-refractivity contribution is 7.90. The molecule has 0 saturated heterocycles. The topological polar surface area (TPSA) is 75.3 Å². The van der Waals surface area contributed by atoms with Crippen LogP contribution in [0.5, 0.6) is 0 Å². The van der Waals surface area contributed by atoms with Crippen molar-refractivity contribution >= 4 is 33.3 Å². The molecule has 0 aliphatic heterocycles. The average molecular weight is 399 g/mol. The van der Waals surface area contributed by atoms with Crippen molar-refractivity contribution < 1.29 is 13.2 Å². The monoisotopic (exact) mass is 398 g/mol. The third-order valence-electron chi connectivity index (χ3n) is 4.41. The van der Waals surface area contributed by atoms with Crippen LogP contribution in [0.1, 0.15) is 11.1 Å². The van der Waals surface area contributed by atoms with Crippen LogP contribution in [0.4, 0.5) is 10.5 Å². The quantitative estimate of drug-likeness (QED) is 0.536. The van der Waals surface area contributed by atoms with Crippen molar-refractivity contribution in [3.05, 3.63) is 82.9 Å². The minimum absolute atomic E-state index is 0.0371. The fourth-order valence-corrected chi connectivity index (χ4v) is 4.19. The molecule has 0 atom stereocenters. The predicted octanol–water partition coefficient (Wildman–Crippen LogP) is 4.42. The number of hydrogen-bond donors (Lipinski definition) is 2. The summed E-state index contributed by atoms with van der Waals surface area (Å²) in [5.74, 6) is 0. The largest absolute Gasteiger partial charge is 0.333 e. The zero-order chi connectivity index (χ0) is 19.0. The summed E-state index contributed by atoms with van der Waals surface area (Å²) in [6.07, 6.45) is 0.850. The maximum atomic E-state index is 12.3. The number of amides is 2. The first-order valence-electron chi connectivity index (χ1n) is 8.23. The average Bonchev–Trinajstić information content (AvgIpc) is 2.99. The van der Waals surface area contributed by atoms with Crippen molar-refractivity contribution in [2.24, 2.45) is 0 Å². The fraction of sp³-hybridized carbons (Fsp3) is 0.0500. The SMILES string of the molecule is O=C(Nc1ccc2c(c1)-c1ccccc1C2)NS(=O)(=O)c1ccc(Cl)cc1. The number of carbonyl (C=O) groups excluding carboxylic acids is 1. The lowest BCUT2D eigenvalue weighted by molar-refractivity contribution is 0.256. The lowest BCUT2D eigenvalue weighted by atomic mass is 10.1. The third kappa shape index (κ3) is 3.54. The Kier molecular flexibility index (Phi) is 4.37. The van der Waals surface area contributed by atoms with Crippen molar-refractivity contribution in [1.82, 2.24) is 4.72 Å². The Morgan fingerprint density at radius 3 is 2.37 bits per heavy atom. The highest BCUT2D eigenvalue weighted by Gasteiger charge is 2.20. The van der Waals surface area contributed by atoms with Crippen LogP contribution < -0.4 is 10.0 Å². The molecule has 0 unspecified atom stereocenters. The van der Waals surface area contributed by atoms with Crippen LogP contribution in [0.3, 0.4) is 0 Å². The molecule has 136 valence electrons. The smallest absolute Gasteiger partial charge is 0.307 e. The van der Waals surface area contributed by atoms with Crippen molar-refractivity contribution in [1.29, 1.82) is 0 Å². The number of nitrogens with one attached hydrogen (secondary N) is 2. The molecule has 0 bridgehead atoms. The number of sulfonamides is 1. The molecule has 0 spiro atoms. The number of anilines is 1. The van der Waals surface area contributed by atoms with Gasteiger partial charge in [0.1, 0.15) is 0 Å². The molecule has 0 aromatic heterocycles. The van der Waals surface area contributed by atoms with E-state index in [-0.39, 0.29) is 4.90 Å². The number of hydrogen-bond acceptors (Lipinski definition) is 3. The Labute approximate surface area is 162 Å². The Hall–Kier alpha value is -2.83. The van der Waals surface area contributed by atoms with Crippen LogP contribution in [0.15, 0.2) is 71.6 Å². The Balaban J connectivity index is 1.52. The van der Waals surface area contributed by atoms with Gasteiger partial charge in [0.2, 0.25) is 0 Å². The molecule has 3 aromatic rings. The molecule has 2 N–H and O–H groups in total. The van der Waals surface area contributed by atoms with E-state index in [4.69, 9.17) is 11.6 Å². The normalized spacial score (nSPS) is 12.2. The fourth-order valence-electron chi connectivity index (χ4n) is 3.15. The maximum absolute atomic E-state index is 12.3. The molecule has 3 aromatic carbocycles. The van der Waals surface area contributed by atoms with Gasteiger partial charge in [0.25, 0.3) is 10.0 Å². The molecule has 0 saturated carbocycles. The van der Waals surface area contributed by atoms with Crippen LogP contribution in [0, 0.1) is 0 Å². The molecule has 27 heavy (non-hydrogen) atoms. The number of carbonyl (C=O) groups is 1. The highest BCUT2D eigenvalue weighted by Crippen LogP contribution is 2.37. The summed E-state index contributed by atoms with van der Waals surface area (Å²) in [6, 6.07) is 18.4. The first-order chi connectivity index (χ1) is 12.9. The summed E-state index contributed by atoms with van der Waals surface area (Å²) >= 11 is 5.76. The zero-order valence-electron chi connectivity index (χ0n) is 14.1. The van der Waals surface area contributed by atoms with E-state index >= 15 is 0 Å². The molecule has 7 heteroatoms. The van der Waals surface area contributed by atoms with Crippen LogP contribution in [-0.4, -0.2) is 14.4 Å². The lowest BCUT2D eigenvalue weighted by Crippen LogP contribution is -2.34. The Morgan fingerprint density at radius 2 is 1.59 bits per heavy atom. The van der Waals surface area contributed by atoms with Crippen LogP contribution in [-0.2, 0) is 16.4 Å². The first kappa shape index (κ1) is 17.6. The van der Waals surface area contributed by atoms with Crippen molar-refractivity contribution in [2.45, 2.75) is 11.3 Å². The summed E-state index contributed by atoms with van der Waals surface area (Å²) in [5.41, 5.74) is 5.11. The van der Waals surface area contributed by atoms with Crippen LogP contribution in [0.2, 0.25) is 5.02 Å². The highest BCUT2D eigenvalue weighted by atomic mass is 35.5. The molecule has 0 fully saturated rings. The Morgan fingerprint density at radius 1 is 0.889 bits per heavy atom. The second kappa shape index (κ2) is 6.72. The van der Waals surface area contributed by atoms with Gasteiger partial charge in [0.15, 0.2) is 0 Å². The molecular formula is C20H15ClN2O3S. The summed E-state index contributed by atoms with van der Waals surface area (Å²) in [4.78, 5) is 12.1. The van der Waals surface area contributed by atoms with E-state index in [9.17, 15) is 13.2 Å². The number of urea groups is 1. The molecular weight excluding hydrogens is 384 g/mol. The van der Waals surface area contributed by atoms with E-state index < -0.39 is 16.1 Å². The van der Waals surface area contributed by atoms with Gasteiger partial charge in [0, 0.05) is 10.7 Å². The number of fused-ring (bicyclic) bond motifs is 3. The summed E-state index contributed by atoms with van der Waals surface area (Å²) in [6.45, 7) is 0. The minimum Gasteiger partial charge on any atom is -0.307 e. The van der Waals surface area contributed by atoms with Crippen LogP contribution in [0.25, 0.3) is 11.1 Å². The molecule has 1 aliphatic carbocycles. The lowest BCUT2D eigenvalue weighted by Gasteiger charge is -2.10. The summed E-state index contributed by atoms with van der Waals surface area (Å²) in [5, 5.41) is 3.00. The summed E-state index contributed by atoms with van der Waals surface area (Å²) in [7, 11) is -3.98. The molecule has 0 heterocycles. The van der Waals surface area contributed by atoms with E-state index in [1.807, 2.05) is 35.1 Å².